The summed E-state index contributed by atoms with van der Waals surface area (Å²) in [5, 5.41) is 0.741. The molecule has 128 valence electrons. The highest BCUT2D eigenvalue weighted by molar-refractivity contribution is 6.33. The molecule has 1 saturated heterocycles. The minimum Gasteiger partial charge on any atom is -0.367 e. The number of urea groups is 1. The van der Waals surface area contributed by atoms with Crippen LogP contribution in [0.3, 0.4) is 0 Å². The van der Waals surface area contributed by atoms with Crippen molar-refractivity contribution < 1.29 is 4.79 Å². The highest BCUT2D eigenvalue weighted by Gasteiger charge is 2.22. The number of hydrogen-bond donors (Lipinski definition) is 1. The molecule has 1 fully saturated rings. The summed E-state index contributed by atoms with van der Waals surface area (Å²) in [7, 11) is 0. The van der Waals surface area contributed by atoms with Crippen molar-refractivity contribution in [1.82, 2.24) is 14.6 Å². The second kappa shape index (κ2) is 6.64. The summed E-state index contributed by atoms with van der Waals surface area (Å²) in [6.45, 7) is 2.79. The summed E-state index contributed by atoms with van der Waals surface area (Å²) in [6, 6.07) is 15.4. The molecule has 25 heavy (non-hydrogen) atoms. The van der Waals surface area contributed by atoms with Crippen molar-refractivity contribution >= 4 is 34.4 Å². The normalized spacial score (nSPS) is 14.8. The van der Waals surface area contributed by atoms with Crippen LogP contribution in [-0.2, 0) is 0 Å². The van der Waals surface area contributed by atoms with Crippen LogP contribution >= 0.6 is 11.6 Å². The molecule has 1 aromatic heterocycles. The van der Waals surface area contributed by atoms with Crippen molar-refractivity contribution in [3.05, 3.63) is 59.9 Å². The zero-order valence-electron chi connectivity index (χ0n) is 13.6. The van der Waals surface area contributed by atoms with Gasteiger partial charge in [-0.1, -0.05) is 35.9 Å². The molecule has 0 atom stereocenters. The zero-order chi connectivity index (χ0) is 17.2. The van der Waals surface area contributed by atoms with Crippen molar-refractivity contribution in [2.75, 3.05) is 36.5 Å². The van der Waals surface area contributed by atoms with Gasteiger partial charge in [-0.3, -0.25) is 0 Å². The Morgan fingerprint density at radius 2 is 1.72 bits per heavy atom. The van der Waals surface area contributed by atoms with E-state index >= 15 is 0 Å². The molecule has 0 radical (unpaired) electrons. The average molecular weight is 356 g/mol. The zero-order valence-corrected chi connectivity index (χ0v) is 14.4. The Morgan fingerprint density at radius 1 is 1.00 bits per heavy atom. The van der Waals surface area contributed by atoms with E-state index in [0.717, 1.165) is 34.8 Å². The van der Waals surface area contributed by atoms with Crippen LogP contribution in [0.4, 0.5) is 10.5 Å². The highest BCUT2D eigenvalue weighted by atomic mass is 35.5. The lowest BCUT2D eigenvalue weighted by Crippen LogP contribution is -2.51. The molecule has 0 unspecified atom stereocenters. The van der Waals surface area contributed by atoms with Gasteiger partial charge in [0.1, 0.15) is 6.33 Å². The van der Waals surface area contributed by atoms with Gasteiger partial charge in [-0.15, -0.1) is 0 Å². The van der Waals surface area contributed by atoms with E-state index in [2.05, 4.69) is 15.3 Å². The molecule has 0 aliphatic carbocycles. The summed E-state index contributed by atoms with van der Waals surface area (Å²) in [4.78, 5) is 20.8. The number of nitrogens with one attached hydrogen (secondary N) is 1. The lowest BCUT2D eigenvalue weighted by Gasteiger charge is -2.36. The fraction of sp³-hybridized carbons (Fsp3) is 0.222. The van der Waals surface area contributed by atoms with Crippen LogP contribution in [0.25, 0.3) is 11.0 Å². The third-order valence-electron chi connectivity index (χ3n) is 4.43. The molecule has 7 heteroatoms. The van der Waals surface area contributed by atoms with Crippen molar-refractivity contribution in [2.24, 2.45) is 0 Å². The molecular formula is C18H18ClN5O. The van der Waals surface area contributed by atoms with Crippen LogP contribution in [-0.4, -0.2) is 46.8 Å². The molecule has 3 aromatic rings. The van der Waals surface area contributed by atoms with Crippen molar-refractivity contribution in [2.45, 2.75) is 0 Å². The Balaban J connectivity index is 1.41. The Kier molecular flexibility index (Phi) is 4.19. The molecule has 0 saturated carbocycles. The number of para-hydroxylation sites is 3. The van der Waals surface area contributed by atoms with E-state index in [9.17, 15) is 4.79 Å². The molecule has 2 heterocycles. The number of rotatable bonds is 2. The summed E-state index contributed by atoms with van der Waals surface area (Å²) in [6.07, 6.45) is 1.63. The number of anilines is 1. The third kappa shape index (κ3) is 3.13. The number of carbonyl (C=O) groups is 1. The Hall–Kier alpha value is -2.73. The monoisotopic (exact) mass is 355 g/mol. The molecule has 4 rings (SSSR count). The number of hydrogen-bond acceptors (Lipinski definition) is 3. The third-order valence-corrected chi connectivity index (χ3v) is 4.75. The van der Waals surface area contributed by atoms with Crippen LogP contribution in [0.2, 0.25) is 5.02 Å². The van der Waals surface area contributed by atoms with Gasteiger partial charge in [-0.2, -0.15) is 0 Å². The maximum absolute atomic E-state index is 12.5. The van der Waals surface area contributed by atoms with Gasteiger partial charge in [0.15, 0.2) is 0 Å². The van der Waals surface area contributed by atoms with Crippen LogP contribution in [0, 0.1) is 0 Å². The van der Waals surface area contributed by atoms with Crippen LogP contribution in [0.1, 0.15) is 0 Å². The first-order valence-corrected chi connectivity index (χ1v) is 8.58. The topological polar surface area (TPSA) is 53.4 Å². The van der Waals surface area contributed by atoms with E-state index in [0.29, 0.717) is 13.1 Å². The van der Waals surface area contributed by atoms with Gasteiger partial charge in [0.2, 0.25) is 0 Å². The number of nitrogens with zero attached hydrogens (tertiary/aromatic N) is 4. The second-order valence-corrected chi connectivity index (χ2v) is 6.35. The maximum Gasteiger partial charge on any atom is 0.336 e. The first-order valence-electron chi connectivity index (χ1n) is 8.20. The predicted octanol–water partition coefficient (Wildman–Crippen LogP) is 3.18. The fourth-order valence-corrected chi connectivity index (χ4v) is 3.34. The van der Waals surface area contributed by atoms with Gasteiger partial charge in [-0.05, 0) is 24.3 Å². The summed E-state index contributed by atoms with van der Waals surface area (Å²) >= 11 is 6.26. The van der Waals surface area contributed by atoms with Crippen molar-refractivity contribution in [3.8, 4) is 0 Å². The smallest absolute Gasteiger partial charge is 0.336 e. The van der Waals surface area contributed by atoms with E-state index in [1.807, 2.05) is 53.4 Å². The predicted molar refractivity (Wildman–Crippen MR) is 99.7 cm³/mol. The van der Waals surface area contributed by atoms with Gasteiger partial charge in [0.05, 0.1) is 21.7 Å². The number of amides is 2. The Bertz CT molecular complexity index is 901. The number of carbonyl (C=O) groups excluding carboxylic acids is 1. The molecule has 2 aromatic carbocycles. The number of imidazole rings is 1. The number of halogens is 1. The lowest BCUT2D eigenvalue weighted by molar-refractivity contribution is 0.205. The molecule has 1 aliphatic heterocycles. The van der Waals surface area contributed by atoms with Crippen molar-refractivity contribution in [3.63, 3.8) is 0 Å². The molecule has 2 amide bonds. The van der Waals surface area contributed by atoms with Gasteiger partial charge in [-0.25, -0.2) is 19.9 Å². The average Bonchev–Trinajstić information content (AvgIpc) is 3.05. The second-order valence-electron chi connectivity index (χ2n) is 5.95. The molecule has 1 aliphatic rings. The molecular weight excluding hydrogens is 338 g/mol. The minimum atomic E-state index is -0.123. The van der Waals surface area contributed by atoms with Gasteiger partial charge in [0, 0.05) is 26.2 Å². The van der Waals surface area contributed by atoms with E-state index in [4.69, 9.17) is 11.6 Å². The first-order chi connectivity index (χ1) is 12.2. The van der Waals surface area contributed by atoms with Gasteiger partial charge in [0.25, 0.3) is 0 Å². The number of fused-ring (bicyclic) bond motifs is 1. The number of aromatic nitrogens is 2. The van der Waals surface area contributed by atoms with E-state index < -0.39 is 0 Å². The lowest BCUT2D eigenvalue weighted by atomic mass is 10.2. The standard InChI is InChI=1S/C18H18ClN5O/c19-14-5-1-3-7-16(14)22-9-11-23(12-10-22)18(25)21-24-13-20-15-6-2-4-8-17(15)24/h1-8,13H,9-12H2,(H,21,25). The number of benzene rings is 2. The van der Waals surface area contributed by atoms with Crippen LogP contribution in [0.5, 0.6) is 0 Å². The van der Waals surface area contributed by atoms with Gasteiger partial charge < -0.3 is 9.80 Å². The quantitative estimate of drug-likeness (QED) is 0.768. The highest BCUT2D eigenvalue weighted by Crippen LogP contribution is 2.26. The Morgan fingerprint density at radius 3 is 2.52 bits per heavy atom. The van der Waals surface area contributed by atoms with Crippen LogP contribution < -0.4 is 10.3 Å². The largest absolute Gasteiger partial charge is 0.367 e. The molecule has 1 N–H and O–H groups in total. The molecule has 0 spiro atoms. The summed E-state index contributed by atoms with van der Waals surface area (Å²) in [5.74, 6) is 0. The molecule has 6 nitrogen and oxygen atoms in total. The van der Waals surface area contributed by atoms with Crippen LogP contribution in [0.15, 0.2) is 54.9 Å². The summed E-state index contributed by atoms with van der Waals surface area (Å²) in [5.41, 5.74) is 5.65. The first kappa shape index (κ1) is 15.8. The van der Waals surface area contributed by atoms with E-state index in [1.54, 1.807) is 11.0 Å². The fourth-order valence-electron chi connectivity index (χ4n) is 3.08. The van der Waals surface area contributed by atoms with Gasteiger partial charge >= 0.3 is 6.03 Å². The minimum absolute atomic E-state index is 0.123. The van der Waals surface area contributed by atoms with E-state index in [-0.39, 0.29) is 6.03 Å². The molecule has 0 bridgehead atoms. The Labute approximate surface area is 150 Å². The number of piperazine rings is 1. The SMILES string of the molecule is O=C(Nn1cnc2ccccc21)N1CCN(c2ccccc2Cl)CC1. The summed E-state index contributed by atoms with van der Waals surface area (Å²) < 4.78 is 1.66. The van der Waals surface area contributed by atoms with Crippen molar-refractivity contribution in [1.29, 1.82) is 0 Å². The van der Waals surface area contributed by atoms with E-state index in [1.165, 1.54) is 0 Å². The maximum atomic E-state index is 12.5.